The lowest BCUT2D eigenvalue weighted by atomic mass is 10.00. The van der Waals surface area contributed by atoms with Gasteiger partial charge in [-0.05, 0) is 126 Å². The molecule has 4 rings (SSSR count). The van der Waals surface area contributed by atoms with Gasteiger partial charge in [0, 0.05) is 37.3 Å². The van der Waals surface area contributed by atoms with E-state index >= 15 is 0 Å². The molecule has 0 saturated carbocycles. The van der Waals surface area contributed by atoms with E-state index in [0.29, 0.717) is 43.2 Å². The van der Waals surface area contributed by atoms with E-state index in [-0.39, 0.29) is 88.3 Å². The van der Waals surface area contributed by atoms with Gasteiger partial charge in [-0.25, -0.2) is 4.79 Å². The first-order chi connectivity index (χ1) is 49.7. The fourth-order valence-electron chi connectivity index (χ4n) is 11.3. The zero-order valence-corrected chi connectivity index (χ0v) is 61.9. The average Bonchev–Trinajstić information content (AvgIpc) is 1.71. The number of carbonyl (C=O) groups is 14. The molecule has 2 heterocycles. The summed E-state index contributed by atoms with van der Waals surface area (Å²) in [6.07, 6.45) is -2.66. The first-order valence-electron chi connectivity index (χ1n) is 35.4. The van der Waals surface area contributed by atoms with Crippen molar-refractivity contribution in [1.82, 2.24) is 63.4 Å². The minimum Gasteiger partial charge on any atom is -0.508 e. The maximum atomic E-state index is 14.9. The van der Waals surface area contributed by atoms with Gasteiger partial charge in [-0.1, -0.05) is 99.2 Å². The molecule has 21 N–H and O–H groups in total. The molecule has 0 spiro atoms. The molecule has 2 fully saturated rings. The van der Waals surface area contributed by atoms with Crippen LogP contribution in [0.25, 0.3) is 0 Å². The Morgan fingerprint density at radius 1 is 0.552 bits per heavy atom. The number of likely N-dealkylation sites (tertiary alicyclic amines) is 1. The lowest BCUT2D eigenvalue weighted by molar-refractivity contribution is -0.142. The number of phenolic OH excluding ortho intramolecular Hbond substituents is 2. The van der Waals surface area contributed by atoms with Crippen LogP contribution in [0.3, 0.4) is 0 Å². The van der Waals surface area contributed by atoms with Gasteiger partial charge in [0.15, 0.2) is 0 Å². The summed E-state index contributed by atoms with van der Waals surface area (Å²) in [5, 5.41) is 90.2. The number of nitrogens with two attached hydrogens (primary N) is 2. The number of rotatable bonds is 25. The maximum absolute atomic E-state index is 14.9. The number of hydrogen-bond donors (Lipinski definition) is 19. The molecule has 105 heavy (non-hydrogen) atoms. The van der Waals surface area contributed by atoms with E-state index in [2.05, 4.69) is 58.5 Å². The smallest absolute Gasteiger partial charge is 0.327 e. The topological polar surface area (TPSA) is 548 Å². The summed E-state index contributed by atoms with van der Waals surface area (Å²) in [4.78, 5) is 199. The van der Waals surface area contributed by atoms with E-state index in [1.54, 1.807) is 20.8 Å². The predicted octanol–water partition coefficient (Wildman–Crippen LogP) is -1.78. The van der Waals surface area contributed by atoms with Crippen molar-refractivity contribution in [3.8, 4) is 11.5 Å². The molecular weight excluding hydrogens is 1410 g/mol. The number of aromatic hydroxyl groups is 2. The molecule has 34 nitrogen and oxygen atoms in total. The monoisotopic (exact) mass is 1510 g/mol. The lowest BCUT2D eigenvalue weighted by Crippen LogP contribution is -2.62. The van der Waals surface area contributed by atoms with E-state index in [1.165, 1.54) is 62.4 Å². The molecule has 15 atom stereocenters. The molecule has 2 aromatic carbocycles. The van der Waals surface area contributed by atoms with Crippen LogP contribution in [0, 0.1) is 5.92 Å². The van der Waals surface area contributed by atoms with E-state index in [1.807, 2.05) is 6.92 Å². The Hall–Kier alpha value is -8.84. The van der Waals surface area contributed by atoms with Crippen LogP contribution in [0.15, 0.2) is 48.5 Å². The predicted molar refractivity (Wildman–Crippen MR) is 387 cm³/mol. The van der Waals surface area contributed by atoms with Crippen LogP contribution < -0.4 is 70.0 Å². The number of carboxylic acids is 2. The summed E-state index contributed by atoms with van der Waals surface area (Å²) in [5.74, 6) is -16.1. The summed E-state index contributed by atoms with van der Waals surface area (Å²) >= 11 is 0. The Balaban J connectivity index is 1.91. The van der Waals surface area contributed by atoms with Crippen LogP contribution >= 0.6 is 21.6 Å². The number of aliphatic hydroxyl groups excluding tert-OH is 2. The molecule has 2 aromatic rings. The molecule has 0 aliphatic carbocycles. The van der Waals surface area contributed by atoms with Gasteiger partial charge in [0.2, 0.25) is 70.9 Å². The number of amides is 12. The highest BCUT2D eigenvalue weighted by Gasteiger charge is 2.41. The Morgan fingerprint density at radius 2 is 0.990 bits per heavy atom. The Kier molecular flexibility index (Phi) is 37.8. The molecule has 36 heteroatoms. The van der Waals surface area contributed by atoms with Gasteiger partial charge in [-0.3, -0.25) is 62.3 Å². The van der Waals surface area contributed by atoms with Gasteiger partial charge in [0.25, 0.3) is 0 Å². The minimum absolute atomic E-state index is 0.00488. The van der Waals surface area contributed by atoms with Crippen LogP contribution in [0.5, 0.6) is 11.5 Å². The third-order valence-electron chi connectivity index (χ3n) is 17.4. The van der Waals surface area contributed by atoms with E-state index < -0.39 is 198 Å². The van der Waals surface area contributed by atoms with E-state index in [9.17, 15) is 97.8 Å². The molecule has 12 amide bonds. The molecule has 2 aliphatic heterocycles. The van der Waals surface area contributed by atoms with Gasteiger partial charge in [-0.15, -0.1) is 0 Å². The number of unbranched alkanes of at least 4 members (excludes halogenated alkanes) is 3. The number of aliphatic carboxylic acids is 2. The molecule has 0 bridgehead atoms. The third-order valence-corrected chi connectivity index (χ3v) is 19.9. The average molecular weight is 1520 g/mol. The molecule has 0 unspecified atom stereocenters. The summed E-state index contributed by atoms with van der Waals surface area (Å²) in [5.41, 5.74) is 12.6. The highest BCUT2D eigenvalue weighted by atomic mass is 33.1. The van der Waals surface area contributed by atoms with Gasteiger partial charge in [-0.2, -0.15) is 0 Å². The van der Waals surface area contributed by atoms with Crippen molar-refractivity contribution < 1.29 is 97.8 Å². The third kappa shape index (κ3) is 29.9. The lowest BCUT2D eigenvalue weighted by Gasteiger charge is -2.30. The van der Waals surface area contributed by atoms with Crippen LogP contribution in [0.2, 0.25) is 0 Å². The summed E-state index contributed by atoms with van der Waals surface area (Å²) in [6, 6.07) is -9.06. The number of hydrogen-bond acceptors (Lipinski definition) is 22. The molecule has 2 aliphatic rings. The van der Waals surface area contributed by atoms with Crippen LogP contribution in [0.1, 0.15) is 149 Å². The zero-order chi connectivity index (χ0) is 78.2. The fraction of sp³-hybridized carbons (Fsp3) is 0.623. The van der Waals surface area contributed by atoms with Gasteiger partial charge >= 0.3 is 11.9 Å². The summed E-state index contributed by atoms with van der Waals surface area (Å²) < 4.78 is 0. The van der Waals surface area contributed by atoms with Crippen molar-refractivity contribution in [2.75, 3.05) is 24.6 Å². The second-order valence-corrected chi connectivity index (χ2v) is 29.3. The first kappa shape index (κ1) is 88.6. The normalized spacial score (nSPS) is 25.5. The standard InChI is InChI=1S/C69H106N14O20S2/c1-8-10-15-44-58(91)77-48(31-36(3)4)62(95)72-37(5)57(90)73-47(27-28-54(88)89)61(94)74-45(16-11-9-2)60(93)81-52(69(102)103)35-105-104-34-51(80-66(99)53-18-14-30-83(53)68(101)55(71)38(6)84)65(98)82-56(39(7)85)67(100)79-50(33-41-21-25-43(87)26-22-41)64(97)76-46(17-12-13-29-70)59(92)78-49(63(96)75-44)32-40-19-23-42(86)24-20-40/h19-26,36-39,44-53,55-56,84-87H,8-18,27-35,70-71H2,1-7H3,(H,72,95)(H,73,90)(H,74,94)(H,75,96)(H,76,97)(H,77,91)(H,78,92)(H,79,100)(H,80,99)(H,81,93)(H,82,98)(H,88,89)(H,102,103)/t37-,38+,39+,44-,45-,46-,47-,48-,49-,50-,51+,52+,53-,55-,56-/m0/s1. The van der Waals surface area contributed by atoms with Gasteiger partial charge in [0.05, 0.1) is 12.2 Å². The maximum Gasteiger partial charge on any atom is 0.327 e. The second kappa shape index (κ2) is 44.8. The number of benzene rings is 2. The largest absolute Gasteiger partial charge is 0.508 e. The quantitative estimate of drug-likeness (QED) is 0.0386. The van der Waals surface area contributed by atoms with E-state index in [0.717, 1.165) is 33.4 Å². The number of phenols is 2. The SMILES string of the molecule is CCCC[C@@H]1NC(=O)[C@H](Cc2ccc(O)cc2)NC(=O)[C@H](CCCCN)NC(=O)[C@H](Cc2ccc(O)cc2)NC(=O)[C@H]([C@@H](C)O)NC(=O)[C@H](NC(=O)[C@@H]2CCCN2C(=O)[C@@H](N)[C@@H](C)O)CSSC[C@H](C(=O)O)NC(=O)[C@H](CCCC)NC(=O)[C@H](CCC(=O)O)NC(=O)[C@H](C)NC(=O)[C@H](CC(C)C)NC1=O. The van der Waals surface area contributed by atoms with Gasteiger partial charge in [0.1, 0.15) is 90.0 Å². The van der Waals surface area contributed by atoms with Crippen molar-refractivity contribution in [2.45, 2.75) is 242 Å². The first-order valence-corrected chi connectivity index (χ1v) is 37.9. The molecule has 0 aromatic heterocycles. The number of nitrogens with one attached hydrogen (secondary N) is 11. The Bertz CT molecular complexity index is 3280. The molecule has 2 saturated heterocycles. The second-order valence-electron chi connectivity index (χ2n) is 26.7. The fourth-order valence-corrected chi connectivity index (χ4v) is 13.6. The van der Waals surface area contributed by atoms with Crippen molar-refractivity contribution in [2.24, 2.45) is 17.4 Å². The number of carbonyl (C=O) groups excluding carboxylic acids is 12. The van der Waals surface area contributed by atoms with Crippen molar-refractivity contribution in [3.05, 3.63) is 59.7 Å². The Morgan fingerprint density at radius 3 is 1.46 bits per heavy atom. The summed E-state index contributed by atoms with van der Waals surface area (Å²) in [6.45, 7) is 10.9. The highest BCUT2D eigenvalue weighted by Crippen LogP contribution is 2.26. The number of aliphatic hydroxyl groups is 2. The van der Waals surface area contributed by atoms with Crippen LogP contribution in [-0.4, -0.2) is 234 Å². The van der Waals surface area contributed by atoms with Crippen molar-refractivity contribution in [1.29, 1.82) is 0 Å². The highest BCUT2D eigenvalue weighted by molar-refractivity contribution is 8.76. The summed E-state index contributed by atoms with van der Waals surface area (Å²) in [7, 11) is 1.58. The minimum atomic E-state index is -1.95. The molecular formula is C69H106N14O20S2. The van der Waals surface area contributed by atoms with Crippen molar-refractivity contribution >= 4 is 104 Å². The molecule has 0 radical (unpaired) electrons. The number of carboxylic acid groups (broad SMARTS) is 2. The number of nitrogens with zero attached hydrogens (tertiary/aromatic N) is 1. The van der Waals surface area contributed by atoms with Gasteiger partial charge < -0.3 is 105 Å². The van der Waals surface area contributed by atoms with Crippen LogP contribution in [-0.2, 0) is 80.0 Å². The molecule has 584 valence electrons. The van der Waals surface area contributed by atoms with Crippen LogP contribution in [0.4, 0.5) is 0 Å². The van der Waals surface area contributed by atoms with Crippen molar-refractivity contribution in [3.63, 3.8) is 0 Å². The zero-order valence-electron chi connectivity index (χ0n) is 60.3. The Labute approximate surface area is 617 Å². The van der Waals surface area contributed by atoms with E-state index in [4.69, 9.17) is 11.5 Å².